The predicted octanol–water partition coefficient (Wildman–Crippen LogP) is 3.00. The first-order valence-electron chi connectivity index (χ1n) is 4.75. The maximum Gasteiger partial charge on any atom is 0.310 e. The van der Waals surface area contributed by atoms with E-state index in [9.17, 15) is 9.18 Å². The number of aliphatic carboxylic acids is 1. The summed E-state index contributed by atoms with van der Waals surface area (Å²) in [5.74, 6) is -1.34. The van der Waals surface area contributed by atoms with E-state index in [1.54, 1.807) is 13.8 Å². The minimum absolute atomic E-state index is 0.172. The van der Waals surface area contributed by atoms with E-state index >= 15 is 0 Å². The fourth-order valence-corrected chi connectivity index (χ4v) is 1.21. The molecule has 1 aromatic rings. The van der Waals surface area contributed by atoms with Crippen molar-refractivity contribution in [2.24, 2.45) is 5.41 Å². The second kappa shape index (κ2) is 4.70. The number of carboxylic acid groups (broad SMARTS) is 1. The van der Waals surface area contributed by atoms with Crippen LogP contribution in [0.3, 0.4) is 0 Å². The van der Waals surface area contributed by atoms with Gasteiger partial charge in [-0.05, 0) is 32.0 Å². The largest absolute Gasteiger partial charge is 0.481 e. The molecule has 16 heavy (non-hydrogen) atoms. The summed E-state index contributed by atoms with van der Waals surface area (Å²) in [4.78, 5) is 10.8. The van der Waals surface area contributed by atoms with Gasteiger partial charge in [-0.1, -0.05) is 11.6 Å². The number of halogens is 2. The van der Waals surface area contributed by atoms with Gasteiger partial charge in [0, 0.05) is 6.54 Å². The van der Waals surface area contributed by atoms with Gasteiger partial charge in [0.15, 0.2) is 0 Å². The summed E-state index contributed by atoms with van der Waals surface area (Å²) >= 11 is 5.83. The highest BCUT2D eigenvalue weighted by molar-refractivity contribution is 6.33. The van der Waals surface area contributed by atoms with Crippen molar-refractivity contribution in [1.82, 2.24) is 0 Å². The van der Waals surface area contributed by atoms with Crippen LogP contribution in [0, 0.1) is 11.2 Å². The summed E-state index contributed by atoms with van der Waals surface area (Å²) in [7, 11) is 0. The second-order valence-electron chi connectivity index (χ2n) is 4.17. The zero-order chi connectivity index (χ0) is 12.3. The highest BCUT2D eigenvalue weighted by atomic mass is 35.5. The Bertz CT molecular complexity index is 407. The monoisotopic (exact) mass is 245 g/mol. The van der Waals surface area contributed by atoms with Crippen LogP contribution in [0.5, 0.6) is 0 Å². The molecule has 0 bridgehead atoms. The summed E-state index contributed by atoms with van der Waals surface area (Å²) in [5, 5.41) is 12.1. The van der Waals surface area contributed by atoms with Gasteiger partial charge < -0.3 is 10.4 Å². The maximum absolute atomic E-state index is 12.9. The standard InChI is InChI=1S/C11H13ClFNO2/c1-11(2,10(15)16)6-14-9-5-7(13)3-4-8(9)12/h3-5,14H,6H2,1-2H3,(H,15,16). The summed E-state index contributed by atoms with van der Waals surface area (Å²) < 4.78 is 12.9. The molecule has 1 aromatic carbocycles. The highest BCUT2D eigenvalue weighted by Crippen LogP contribution is 2.24. The molecular formula is C11H13ClFNO2. The van der Waals surface area contributed by atoms with Crippen molar-refractivity contribution in [3.05, 3.63) is 29.0 Å². The Balaban J connectivity index is 2.75. The van der Waals surface area contributed by atoms with Crippen molar-refractivity contribution in [3.8, 4) is 0 Å². The first kappa shape index (κ1) is 12.8. The zero-order valence-corrected chi connectivity index (χ0v) is 9.81. The number of carbonyl (C=O) groups is 1. The fourth-order valence-electron chi connectivity index (χ4n) is 1.02. The quantitative estimate of drug-likeness (QED) is 0.857. The smallest absolute Gasteiger partial charge is 0.310 e. The maximum atomic E-state index is 12.9. The summed E-state index contributed by atoms with van der Waals surface area (Å²) in [6.07, 6.45) is 0. The van der Waals surface area contributed by atoms with Crippen LogP contribution in [0.25, 0.3) is 0 Å². The van der Waals surface area contributed by atoms with E-state index in [0.29, 0.717) is 10.7 Å². The molecule has 0 spiro atoms. The van der Waals surface area contributed by atoms with Crippen LogP contribution < -0.4 is 5.32 Å². The first-order chi connectivity index (χ1) is 7.33. The lowest BCUT2D eigenvalue weighted by Gasteiger charge is -2.20. The molecule has 0 amide bonds. The van der Waals surface area contributed by atoms with Crippen LogP contribution in [0.1, 0.15) is 13.8 Å². The Labute approximate surface area is 98.2 Å². The van der Waals surface area contributed by atoms with Gasteiger partial charge in [0.05, 0.1) is 16.1 Å². The van der Waals surface area contributed by atoms with Crippen LogP contribution in [-0.2, 0) is 4.79 Å². The third-order valence-corrected chi connectivity index (χ3v) is 2.56. The van der Waals surface area contributed by atoms with Gasteiger partial charge in [0.2, 0.25) is 0 Å². The van der Waals surface area contributed by atoms with Crippen molar-refractivity contribution >= 4 is 23.3 Å². The number of hydrogen-bond acceptors (Lipinski definition) is 2. The molecule has 0 aromatic heterocycles. The van der Waals surface area contributed by atoms with Crippen molar-refractivity contribution in [1.29, 1.82) is 0 Å². The number of nitrogens with one attached hydrogen (secondary N) is 1. The minimum Gasteiger partial charge on any atom is -0.481 e. The SMILES string of the molecule is CC(C)(CNc1cc(F)ccc1Cl)C(=O)O. The van der Waals surface area contributed by atoms with Crippen LogP contribution in [-0.4, -0.2) is 17.6 Å². The number of hydrogen-bond donors (Lipinski definition) is 2. The lowest BCUT2D eigenvalue weighted by atomic mass is 9.94. The first-order valence-corrected chi connectivity index (χ1v) is 5.13. The Morgan fingerprint density at radius 2 is 2.19 bits per heavy atom. The number of rotatable bonds is 4. The molecule has 0 aliphatic heterocycles. The molecule has 0 unspecified atom stereocenters. The Morgan fingerprint density at radius 1 is 1.56 bits per heavy atom. The Hall–Kier alpha value is -1.29. The number of carboxylic acids is 1. The van der Waals surface area contributed by atoms with E-state index < -0.39 is 17.2 Å². The zero-order valence-electron chi connectivity index (χ0n) is 9.05. The topological polar surface area (TPSA) is 49.3 Å². The fraction of sp³-hybridized carbons (Fsp3) is 0.364. The Kier molecular flexibility index (Phi) is 3.75. The molecule has 5 heteroatoms. The molecule has 0 heterocycles. The Morgan fingerprint density at radius 3 is 2.75 bits per heavy atom. The van der Waals surface area contributed by atoms with E-state index in [4.69, 9.17) is 16.7 Å². The number of benzene rings is 1. The van der Waals surface area contributed by atoms with Gasteiger partial charge in [-0.25, -0.2) is 4.39 Å². The van der Waals surface area contributed by atoms with Crippen molar-refractivity contribution in [2.75, 3.05) is 11.9 Å². The normalized spacial score (nSPS) is 11.2. The predicted molar refractivity (Wildman–Crippen MR) is 61.3 cm³/mol. The molecule has 2 N–H and O–H groups in total. The van der Waals surface area contributed by atoms with E-state index in [2.05, 4.69) is 5.32 Å². The molecule has 3 nitrogen and oxygen atoms in total. The third-order valence-electron chi connectivity index (χ3n) is 2.23. The molecule has 88 valence electrons. The molecular weight excluding hydrogens is 233 g/mol. The van der Waals surface area contributed by atoms with E-state index in [1.807, 2.05) is 0 Å². The highest BCUT2D eigenvalue weighted by Gasteiger charge is 2.26. The number of anilines is 1. The molecule has 0 aliphatic carbocycles. The summed E-state index contributed by atoms with van der Waals surface area (Å²) in [5.41, 5.74) is -0.536. The molecule has 0 atom stereocenters. The van der Waals surface area contributed by atoms with Crippen molar-refractivity contribution in [2.45, 2.75) is 13.8 Å². The van der Waals surface area contributed by atoms with E-state index in [1.165, 1.54) is 18.2 Å². The van der Waals surface area contributed by atoms with Crippen LogP contribution in [0.4, 0.5) is 10.1 Å². The molecule has 0 saturated carbocycles. The van der Waals surface area contributed by atoms with Gasteiger partial charge >= 0.3 is 5.97 Å². The van der Waals surface area contributed by atoms with Crippen molar-refractivity contribution in [3.63, 3.8) is 0 Å². The molecule has 0 aliphatic rings. The van der Waals surface area contributed by atoms with Crippen LogP contribution in [0.15, 0.2) is 18.2 Å². The van der Waals surface area contributed by atoms with E-state index in [-0.39, 0.29) is 6.54 Å². The lowest BCUT2D eigenvalue weighted by molar-refractivity contribution is -0.146. The molecule has 1 rings (SSSR count). The van der Waals surface area contributed by atoms with Gasteiger partial charge in [-0.2, -0.15) is 0 Å². The average Bonchev–Trinajstić information content (AvgIpc) is 2.19. The van der Waals surface area contributed by atoms with Gasteiger partial charge in [-0.15, -0.1) is 0 Å². The second-order valence-corrected chi connectivity index (χ2v) is 4.57. The molecule has 0 saturated heterocycles. The molecule has 0 radical (unpaired) electrons. The third kappa shape index (κ3) is 3.10. The van der Waals surface area contributed by atoms with Crippen LogP contribution >= 0.6 is 11.6 Å². The van der Waals surface area contributed by atoms with Crippen LogP contribution in [0.2, 0.25) is 5.02 Å². The lowest BCUT2D eigenvalue weighted by Crippen LogP contribution is -2.31. The van der Waals surface area contributed by atoms with Crippen molar-refractivity contribution < 1.29 is 14.3 Å². The average molecular weight is 246 g/mol. The summed E-state index contributed by atoms with van der Waals surface area (Å²) in [6, 6.07) is 3.91. The van der Waals surface area contributed by atoms with Gasteiger partial charge in [0.1, 0.15) is 5.82 Å². The van der Waals surface area contributed by atoms with E-state index in [0.717, 1.165) is 0 Å². The molecule has 0 fully saturated rings. The minimum atomic E-state index is -0.935. The summed E-state index contributed by atoms with van der Waals surface area (Å²) in [6.45, 7) is 3.33. The van der Waals surface area contributed by atoms with Gasteiger partial charge in [0.25, 0.3) is 0 Å². The van der Waals surface area contributed by atoms with Gasteiger partial charge in [-0.3, -0.25) is 4.79 Å².